The Labute approximate surface area is 93.2 Å². The van der Waals surface area contributed by atoms with E-state index in [1.54, 1.807) is 6.42 Å². The first-order chi connectivity index (χ1) is 7.31. The maximum Gasteiger partial charge on any atom is 0.0168 e. The van der Waals surface area contributed by atoms with E-state index >= 15 is 0 Å². The van der Waals surface area contributed by atoms with E-state index in [4.69, 9.17) is 5.73 Å². The Morgan fingerprint density at radius 3 is 2.73 bits per heavy atom. The van der Waals surface area contributed by atoms with Crippen LogP contribution >= 0.6 is 0 Å². The van der Waals surface area contributed by atoms with Crippen LogP contribution in [0, 0.1) is 17.8 Å². The quantitative estimate of drug-likeness (QED) is 0.750. The third-order valence-electron chi connectivity index (χ3n) is 4.92. The zero-order chi connectivity index (χ0) is 10.3. The highest BCUT2D eigenvalue weighted by molar-refractivity contribution is 4.92. The van der Waals surface area contributed by atoms with Gasteiger partial charge in [-0.05, 0) is 56.4 Å². The van der Waals surface area contributed by atoms with Crippen molar-refractivity contribution in [3.63, 3.8) is 0 Å². The summed E-state index contributed by atoms with van der Waals surface area (Å²) >= 11 is 0. The van der Waals surface area contributed by atoms with Gasteiger partial charge in [-0.25, -0.2) is 0 Å². The molecule has 0 spiro atoms. The van der Waals surface area contributed by atoms with E-state index in [1.165, 1.54) is 45.2 Å². The van der Waals surface area contributed by atoms with Crippen LogP contribution in [0.25, 0.3) is 0 Å². The van der Waals surface area contributed by atoms with Crippen LogP contribution < -0.4 is 5.73 Å². The van der Waals surface area contributed by atoms with Gasteiger partial charge in [0.1, 0.15) is 0 Å². The molecule has 4 atom stereocenters. The van der Waals surface area contributed by atoms with Crippen molar-refractivity contribution in [1.29, 1.82) is 0 Å². The van der Waals surface area contributed by atoms with Crippen LogP contribution in [0.5, 0.6) is 0 Å². The van der Waals surface area contributed by atoms with Crippen molar-refractivity contribution in [2.75, 3.05) is 19.6 Å². The molecule has 2 nitrogen and oxygen atoms in total. The number of nitrogens with zero attached hydrogens (tertiary/aromatic N) is 1. The highest BCUT2D eigenvalue weighted by atomic mass is 15.1. The van der Waals surface area contributed by atoms with Gasteiger partial charge in [-0.15, -0.1) is 0 Å². The van der Waals surface area contributed by atoms with E-state index in [0.717, 1.165) is 24.3 Å². The van der Waals surface area contributed by atoms with Gasteiger partial charge < -0.3 is 10.6 Å². The summed E-state index contributed by atoms with van der Waals surface area (Å²) in [6, 6.07) is 0.456. The Kier molecular flexibility index (Phi) is 2.73. The molecule has 0 aromatic carbocycles. The third kappa shape index (κ3) is 2.07. The predicted molar refractivity (Wildman–Crippen MR) is 62.6 cm³/mol. The molecule has 1 heterocycles. The smallest absolute Gasteiger partial charge is 0.0168 e. The lowest BCUT2D eigenvalue weighted by Crippen LogP contribution is -2.45. The molecule has 3 rings (SSSR count). The van der Waals surface area contributed by atoms with E-state index in [2.05, 4.69) is 4.90 Å². The fourth-order valence-corrected chi connectivity index (χ4v) is 4.19. The average molecular weight is 208 g/mol. The van der Waals surface area contributed by atoms with Crippen LogP contribution in [0.3, 0.4) is 0 Å². The molecule has 2 heteroatoms. The number of rotatable bonds is 2. The largest absolute Gasteiger partial charge is 0.327 e. The molecule has 0 amide bonds. The van der Waals surface area contributed by atoms with Gasteiger partial charge in [-0.2, -0.15) is 0 Å². The van der Waals surface area contributed by atoms with Crippen LogP contribution in [-0.4, -0.2) is 30.6 Å². The lowest BCUT2D eigenvalue weighted by Gasteiger charge is -2.34. The van der Waals surface area contributed by atoms with Crippen LogP contribution in [0.15, 0.2) is 0 Å². The maximum atomic E-state index is 6.03. The first kappa shape index (κ1) is 10.1. The molecule has 2 aliphatic carbocycles. The minimum atomic E-state index is 0.456. The molecule has 0 aromatic rings. The molecule has 3 aliphatic rings. The third-order valence-corrected chi connectivity index (χ3v) is 4.92. The second-order valence-electron chi connectivity index (χ2n) is 6.10. The van der Waals surface area contributed by atoms with Crippen molar-refractivity contribution in [2.45, 2.75) is 44.6 Å². The fourth-order valence-electron chi connectivity index (χ4n) is 4.19. The van der Waals surface area contributed by atoms with Crippen LogP contribution in [0.2, 0.25) is 0 Å². The molecular weight excluding hydrogens is 184 g/mol. The summed E-state index contributed by atoms with van der Waals surface area (Å²) in [5.41, 5.74) is 6.03. The van der Waals surface area contributed by atoms with E-state index in [0.29, 0.717) is 6.04 Å². The van der Waals surface area contributed by atoms with E-state index in [1.807, 2.05) is 0 Å². The van der Waals surface area contributed by atoms with Gasteiger partial charge in [-0.1, -0.05) is 6.42 Å². The Morgan fingerprint density at radius 2 is 2.07 bits per heavy atom. The average Bonchev–Trinajstić information content (AvgIpc) is 2.79. The molecule has 4 unspecified atom stereocenters. The highest BCUT2D eigenvalue weighted by Crippen LogP contribution is 2.48. The summed E-state index contributed by atoms with van der Waals surface area (Å²) < 4.78 is 0. The molecular formula is C13H24N2. The maximum absolute atomic E-state index is 6.03. The molecule has 1 saturated heterocycles. The van der Waals surface area contributed by atoms with Gasteiger partial charge in [0.15, 0.2) is 0 Å². The molecule has 15 heavy (non-hydrogen) atoms. The number of likely N-dealkylation sites (tertiary alicyclic amines) is 1. The van der Waals surface area contributed by atoms with Crippen molar-refractivity contribution in [1.82, 2.24) is 4.90 Å². The zero-order valence-corrected chi connectivity index (χ0v) is 9.70. The summed E-state index contributed by atoms with van der Waals surface area (Å²) in [5.74, 6) is 3.20. The van der Waals surface area contributed by atoms with Gasteiger partial charge in [0.05, 0.1) is 0 Å². The van der Waals surface area contributed by atoms with Gasteiger partial charge in [0.25, 0.3) is 0 Å². The molecule has 2 saturated carbocycles. The second kappa shape index (κ2) is 4.06. The van der Waals surface area contributed by atoms with Crippen molar-refractivity contribution in [2.24, 2.45) is 23.5 Å². The van der Waals surface area contributed by atoms with E-state index < -0.39 is 0 Å². The lowest BCUT2D eigenvalue weighted by atomic mass is 9.88. The SMILES string of the molecule is NC1CCCN(CC2CC3CCC2C3)C1. The number of hydrogen-bond acceptors (Lipinski definition) is 2. The topological polar surface area (TPSA) is 29.3 Å². The number of fused-ring (bicyclic) bond motifs is 2. The summed E-state index contributed by atoms with van der Waals surface area (Å²) in [4.78, 5) is 2.64. The van der Waals surface area contributed by atoms with Crippen LogP contribution in [-0.2, 0) is 0 Å². The van der Waals surface area contributed by atoms with Gasteiger partial charge in [0, 0.05) is 19.1 Å². The minimum absolute atomic E-state index is 0.456. The lowest BCUT2D eigenvalue weighted by molar-refractivity contribution is 0.154. The number of piperidine rings is 1. The van der Waals surface area contributed by atoms with Crippen LogP contribution in [0.4, 0.5) is 0 Å². The van der Waals surface area contributed by atoms with E-state index in [9.17, 15) is 0 Å². The number of nitrogens with two attached hydrogens (primary N) is 1. The first-order valence-corrected chi connectivity index (χ1v) is 6.79. The minimum Gasteiger partial charge on any atom is -0.327 e. The van der Waals surface area contributed by atoms with Gasteiger partial charge in [0.2, 0.25) is 0 Å². The van der Waals surface area contributed by atoms with Crippen molar-refractivity contribution in [3.05, 3.63) is 0 Å². The Morgan fingerprint density at radius 1 is 1.13 bits per heavy atom. The Hall–Kier alpha value is -0.0800. The van der Waals surface area contributed by atoms with Crippen molar-refractivity contribution in [3.8, 4) is 0 Å². The molecule has 2 N–H and O–H groups in total. The second-order valence-corrected chi connectivity index (χ2v) is 6.10. The summed E-state index contributed by atoms with van der Waals surface area (Å²) in [6.07, 6.45) is 8.69. The molecule has 0 radical (unpaired) electrons. The van der Waals surface area contributed by atoms with Gasteiger partial charge >= 0.3 is 0 Å². The number of hydrogen-bond donors (Lipinski definition) is 1. The fraction of sp³-hybridized carbons (Fsp3) is 1.00. The summed E-state index contributed by atoms with van der Waals surface area (Å²) in [6.45, 7) is 3.82. The highest BCUT2D eigenvalue weighted by Gasteiger charge is 2.40. The predicted octanol–water partition coefficient (Wildman–Crippen LogP) is 1.85. The van der Waals surface area contributed by atoms with Gasteiger partial charge in [-0.3, -0.25) is 0 Å². The molecule has 86 valence electrons. The Bertz CT molecular complexity index is 229. The molecule has 2 bridgehead atoms. The van der Waals surface area contributed by atoms with Crippen molar-refractivity contribution >= 4 is 0 Å². The molecule has 0 aromatic heterocycles. The summed E-state index contributed by atoms with van der Waals surface area (Å²) in [7, 11) is 0. The van der Waals surface area contributed by atoms with E-state index in [-0.39, 0.29) is 0 Å². The van der Waals surface area contributed by atoms with Crippen LogP contribution in [0.1, 0.15) is 38.5 Å². The first-order valence-electron chi connectivity index (χ1n) is 6.79. The standard InChI is InChI=1S/C13H24N2/c14-13-2-1-5-15(9-13)8-12-7-10-3-4-11(12)6-10/h10-13H,1-9,14H2. The normalized spacial score (nSPS) is 46.2. The monoisotopic (exact) mass is 208 g/mol. The Balaban J connectivity index is 1.52. The molecule has 3 fully saturated rings. The zero-order valence-electron chi connectivity index (χ0n) is 9.70. The van der Waals surface area contributed by atoms with Crippen molar-refractivity contribution < 1.29 is 0 Å². The molecule has 1 aliphatic heterocycles. The summed E-state index contributed by atoms with van der Waals surface area (Å²) in [5, 5.41) is 0.